The summed E-state index contributed by atoms with van der Waals surface area (Å²) in [7, 11) is 0. The van der Waals surface area contributed by atoms with E-state index in [1.807, 2.05) is 6.92 Å². The van der Waals surface area contributed by atoms with E-state index in [4.69, 9.17) is 45.6 Å². The molecule has 576 valence electrons. The molecule has 2 heterocycles. The van der Waals surface area contributed by atoms with Crippen molar-refractivity contribution in [2.75, 3.05) is 158 Å². The third kappa shape index (κ3) is 45.6. The van der Waals surface area contributed by atoms with Crippen molar-refractivity contribution < 1.29 is 100 Å². The van der Waals surface area contributed by atoms with E-state index in [0.717, 1.165) is 35.3 Å². The first-order valence-corrected chi connectivity index (χ1v) is 37.7. The second-order valence-electron chi connectivity index (χ2n) is 22.2. The number of alkyl halides is 1. The van der Waals surface area contributed by atoms with Crippen molar-refractivity contribution in [2.45, 2.75) is 108 Å². The largest absolute Gasteiger partial charge is 0.481 e. The van der Waals surface area contributed by atoms with Gasteiger partial charge in [0.25, 0.3) is 0 Å². The number of hydrogen-bond donors (Lipinski definition) is 15. The van der Waals surface area contributed by atoms with Crippen LogP contribution in [0, 0.1) is 0 Å². The minimum absolute atomic E-state index is 0.0476. The van der Waals surface area contributed by atoms with Crippen molar-refractivity contribution in [3.63, 3.8) is 0 Å². The molecule has 102 heavy (non-hydrogen) atoms. The molecule has 18 N–H and O–H groups in total. The first-order valence-electron chi connectivity index (χ1n) is 33.1. The minimum atomic E-state index is -1.76. The van der Waals surface area contributed by atoms with Crippen molar-refractivity contribution in [3.8, 4) is 0 Å². The molecule has 0 radical (unpaired) electrons. The Labute approximate surface area is 609 Å². The molecule has 0 spiro atoms. The molecule has 1 aromatic rings. The summed E-state index contributed by atoms with van der Waals surface area (Å²) in [5, 5.41) is 38.1. The number of carbonyl (C=O) groups is 13. The fourth-order valence-corrected chi connectivity index (χ4v) is 12.5. The molecule has 0 aromatic heterocycles. The summed E-state index contributed by atoms with van der Waals surface area (Å²) in [4.78, 5) is 173. The first-order chi connectivity index (χ1) is 49.0. The topological polar surface area (TPSA) is 520 Å². The highest BCUT2D eigenvalue weighted by atomic mass is 32.2. The van der Waals surface area contributed by atoms with Crippen LogP contribution in [0.5, 0.6) is 0 Å². The van der Waals surface area contributed by atoms with E-state index in [1.54, 1.807) is 30.3 Å². The maximum absolute atomic E-state index is 14.2. The Morgan fingerprint density at radius 2 is 1.13 bits per heavy atom. The Bertz CT molecular complexity index is 2760. The number of benzene rings is 1. The number of carbonyl (C=O) groups excluding carboxylic acids is 12. The Morgan fingerprint density at radius 1 is 0.588 bits per heavy atom. The Kier molecular flexibility index (Phi) is 50.8. The molecular formula is C62H102FN15O20S4. The highest BCUT2D eigenvalue weighted by Gasteiger charge is 2.35. The number of hydrogen-bond acceptors (Lipinski definition) is 24. The van der Waals surface area contributed by atoms with Gasteiger partial charge in [0, 0.05) is 68.5 Å². The van der Waals surface area contributed by atoms with E-state index in [2.05, 4.69) is 63.5 Å². The maximum Gasteiger partial charge on any atom is 0.305 e. The van der Waals surface area contributed by atoms with E-state index in [1.165, 1.54) is 18.7 Å². The van der Waals surface area contributed by atoms with Gasteiger partial charge in [-0.3, -0.25) is 71.7 Å². The van der Waals surface area contributed by atoms with Gasteiger partial charge in [-0.05, 0) is 56.8 Å². The minimum Gasteiger partial charge on any atom is -0.481 e. The number of nitrogens with zero attached hydrogens (tertiary/aromatic N) is 1. The zero-order valence-electron chi connectivity index (χ0n) is 57.7. The number of carboxylic acid groups (broad SMARTS) is 1. The normalized spacial score (nSPS) is 20.0. The van der Waals surface area contributed by atoms with Gasteiger partial charge in [0.15, 0.2) is 5.96 Å². The molecule has 3 rings (SSSR count). The Balaban J connectivity index is 0.000000898. The van der Waals surface area contributed by atoms with Crippen molar-refractivity contribution in [2.24, 2.45) is 22.2 Å². The lowest BCUT2D eigenvalue weighted by Gasteiger charge is -2.26. The van der Waals surface area contributed by atoms with Crippen LogP contribution in [-0.2, 0) is 97.2 Å². The van der Waals surface area contributed by atoms with Crippen LogP contribution in [0.3, 0.4) is 0 Å². The molecule has 0 unspecified atom stereocenters. The zero-order valence-corrected chi connectivity index (χ0v) is 60.9. The third-order valence-electron chi connectivity index (χ3n) is 13.8. The number of amides is 12. The van der Waals surface area contributed by atoms with Crippen molar-refractivity contribution in [3.05, 3.63) is 35.9 Å². The summed E-state index contributed by atoms with van der Waals surface area (Å²) >= 11 is 4.53. The summed E-state index contributed by atoms with van der Waals surface area (Å²) in [5.74, 6) is -10.1. The highest BCUT2D eigenvalue weighted by Crippen LogP contribution is 2.17. The van der Waals surface area contributed by atoms with E-state index in [-0.39, 0.29) is 104 Å². The number of unbranched alkanes of at least 4 members (excludes halogenated alkanes) is 1. The van der Waals surface area contributed by atoms with Crippen LogP contribution in [0.4, 0.5) is 4.39 Å². The average molecular weight is 1520 g/mol. The molecule has 40 heteroatoms. The molecule has 2 aliphatic heterocycles. The van der Waals surface area contributed by atoms with Crippen LogP contribution in [0.25, 0.3) is 0 Å². The number of guanidine groups is 1. The molecule has 2 saturated heterocycles. The summed E-state index contributed by atoms with van der Waals surface area (Å²) in [5.41, 5.74) is 17.1. The van der Waals surface area contributed by atoms with Gasteiger partial charge in [0.2, 0.25) is 70.9 Å². The fourth-order valence-electron chi connectivity index (χ4n) is 8.70. The number of fused-ring (bicyclic) bond motifs is 6. The van der Waals surface area contributed by atoms with Gasteiger partial charge in [0.1, 0.15) is 48.9 Å². The number of nitrogens with one attached hydrogen (secondary N) is 11. The van der Waals surface area contributed by atoms with E-state index >= 15 is 0 Å². The van der Waals surface area contributed by atoms with Crippen molar-refractivity contribution >= 4 is 130 Å². The van der Waals surface area contributed by atoms with Gasteiger partial charge in [-0.15, -0.1) is 35.3 Å². The van der Waals surface area contributed by atoms with Crippen molar-refractivity contribution in [1.29, 1.82) is 0 Å². The lowest BCUT2D eigenvalue weighted by Crippen LogP contribution is -2.60. The Hall–Kier alpha value is -7.31. The monoisotopic (exact) mass is 1520 g/mol. The molecule has 12 amide bonds. The molecule has 1 aromatic carbocycles. The molecule has 2 fully saturated rings. The lowest BCUT2D eigenvalue weighted by atomic mass is 10.0. The lowest BCUT2D eigenvalue weighted by molar-refractivity contribution is -0.141. The molecule has 2 aliphatic rings. The molecule has 0 saturated carbocycles. The van der Waals surface area contributed by atoms with Gasteiger partial charge in [-0.1, -0.05) is 30.3 Å². The van der Waals surface area contributed by atoms with Gasteiger partial charge < -0.3 is 109 Å². The van der Waals surface area contributed by atoms with Gasteiger partial charge >= 0.3 is 5.97 Å². The number of thioether (sulfide) groups is 4. The standard InChI is InChI=1S/C41H61N13O12S3.C21H41FN2O8S/c1-22(55)45-12-6-5-10-25-36(62)53-29-18-68-21-69-19-30(40(66)51-26(14-23-8-3-2-4-9-23)37(63)52-28(34(42)60)17-67-20-32(57)48-25)54-38(64)27(15-33(58)59)49-31(56)16-47-35(61)24(50-39(29)65)11-7-13-46-41(43)44;1-2-27-18-20(25)23-5-7-28-9-11-30-13-15-32-16-14-31-12-10-29-8-6-24-21(26)19-33-17-3-4-22/h2-4,8-9,24-30H,5-7,10-21H2,1H3,(H2,42,60)(H,45,55)(H,47,61)(H,48,57)(H,49,56)(H,50,65)(H,51,66)(H,52,63)(H,53,62)(H,54,64)(H,58,59)(H4,43,44,46);2-19H2,1H3,(H,23,25)(H,24,26)/t24-,25-,26-,27-,28-,29-,30-;/m0./s1. The first kappa shape index (κ1) is 90.8. The highest BCUT2D eigenvalue weighted by molar-refractivity contribution is 8.16. The van der Waals surface area contributed by atoms with Crippen LogP contribution in [0.1, 0.15) is 64.4 Å². The number of primary amides is 1. The molecule has 0 aliphatic carbocycles. The predicted octanol–water partition coefficient (Wildman–Crippen LogP) is -4.33. The third-order valence-corrected chi connectivity index (χ3v) is 18.3. The molecule has 7 atom stereocenters. The molecular weight excluding hydrogens is 1420 g/mol. The van der Waals surface area contributed by atoms with Crippen LogP contribution >= 0.6 is 47.0 Å². The summed E-state index contributed by atoms with van der Waals surface area (Å²) in [6, 6.07) is -1.42. The zero-order chi connectivity index (χ0) is 75.1. The molecule has 35 nitrogen and oxygen atoms in total. The van der Waals surface area contributed by atoms with E-state index in [9.17, 15) is 71.8 Å². The average Bonchev–Trinajstić information content (AvgIpc) is 0.914. The van der Waals surface area contributed by atoms with Crippen molar-refractivity contribution in [1.82, 2.24) is 58.5 Å². The number of ether oxygens (including phenoxy) is 6. The van der Waals surface area contributed by atoms with Crippen LogP contribution in [0.2, 0.25) is 0 Å². The number of nitrogens with two attached hydrogens (primary N) is 3. The molecule has 2 bridgehead atoms. The van der Waals surface area contributed by atoms with E-state index < -0.39 is 114 Å². The maximum atomic E-state index is 14.2. The quantitative estimate of drug-likeness (QED) is 0.0168. The fraction of sp³-hybridized carbons (Fsp3) is 0.677. The number of aliphatic imine (C=N–C) groups is 1. The number of halogens is 1. The second kappa shape index (κ2) is 57.1. The smallest absolute Gasteiger partial charge is 0.305 e. The van der Waals surface area contributed by atoms with Crippen LogP contribution in [0.15, 0.2) is 35.3 Å². The van der Waals surface area contributed by atoms with E-state index in [0.29, 0.717) is 122 Å². The Morgan fingerprint density at radius 3 is 1.69 bits per heavy atom. The summed E-state index contributed by atoms with van der Waals surface area (Å²) in [6.45, 7) is 8.38. The van der Waals surface area contributed by atoms with Crippen LogP contribution in [-0.4, -0.2) is 288 Å². The summed E-state index contributed by atoms with van der Waals surface area (Å²) < 4.78 is 43.8. The number of carboxylic acids is 1. The van der Waals surface area contributed by atoms with Gasteiger partial charge in [-0.2, -0.15) is 11.8 Å². The number of rotatable bonds is 40. The van der Waals surface area contributed by atoms with Gasteiger partial charge in [-0.25, -0.2) is 0 Å². The second-order valence-corrected chi connectivity index (χ2v) is 26.8. The summed E-state index contributed by atoms with van der Waals surface area (Å²) in [6.07, 6.45) is 0.330. The predicted molar refractivity (Wildman–Crippen MR) is 382 cm³/mol. The number of aliphatic carboxylic acids is 1. The van der Waals surface area contributed by atoms with Crippen LogP contribution < -0.4 is 75.7 Å². The SMILES string of the molecule is CC(=O)NCCCC[C@@H]1NC(=O)CSC[C@@H](C(N)=O)NC(=O)[C@H](Cc2ccccc2)NC(=O)[C@@H]2CSCSC[C@H](NC1=O)C(=O)N[C@@H](CCCN=C(N)N)C(=O)NCC(=O)N[C@@H](CC(=O)O)C(=O)N2.CCOCC(=O)NCCOCCOCCOCCOCCOCCNC(=O)CSCCCF. The van der Waals surface area contributed by atoms with Gasteiger partial charge in [0.05, 0.1) is 97.2 Å².